The zero-order chi connectivity index (χ0) is 11.4. The molecule has 0 aromatic heterocycles. The maximum absolute atomic E-state index is 12.2. The number of hydrogen-bond acceptors (Lipinski definition) is 3. The van der Waals surface area contributed by atoms with E-state index in [4.69, 9.17) is 4.52 Å². The second-order valence-corrected chi connectivity index (χ2v) is 7.21. The van der Waals surface area contributed by atoms with Gasteiger partial charge >= 0.3 is 0 Å². The minimum absolute atomic E-state index is 0.0105. The molecular weight excluding hydrogens is 199 g/mol. The Hall–Kier alpha value is 0.110. The van der Waals surface area contributed by atoms with Crippen LogP contribution in [0.5, 0.6) is 0 Å². The minimum Gasteiger partial charge on any atom is -0.321 e. The topological polar surface area (TPSA) is 50.4 Å². The molecule has 0 fully saturated rings. The van der Waals surface area contributed by atoms with Gasteiger partial charge in [0.05, 0.1) is 0 Å². The van der Waals surface area contributed by atoms with Gasteiger partial charge in [0.1, 0.15) is 0 Å². The molecule has 0 saturated heterocycles. The molecule has 14 heavy (non-hydrogen) atoms. The summed E-state index contributed by atoms with van der Waals surface area (Å²) in [5.41, 5.74) is -0.242. The summed E-state index contributed by atoms with van der Waals surface area (Å²) in [6.07, 6.45) is 0. The summed E-state index contributed by atoms with van der Waals surface area (Å²) < 4.78 is 17.3. The van der Waals surface area contributed by atoms with Crippen LogP contribution in [0.2, 0.25) is 0 Å². The van der Waals surface area contributed by atoms with Crippen molar-refractivity contribution in [2.45, 2.75) is 38.9 Å². The highest BCUT2D eigenvalue weighted by Gasteiger charge is 2.32. The van der Waals surface area contributed by atoms with Gasteiger partial charge in [0.25, 0.3) is 7.52 Å². The first kappa shape index (κ1) is 14.1. The highest BCUT2D eigenvalue weighted by molar-refractivity contribution is 7.57. The summed E-state index contributed by atoms with van der Waals surface area (Å²) in [5, 5.41) is 6.15. The smallest absolute Gasteiger partial charge is 0.272 e. The van der Waals surface area contributed by atoms with Gasteiger partial charge in [0.2, 0.25) is 0 Å². The van der Waals surface area contributed by atoms with Crippen LogP contribution in [0.3, 0.4) is 0 Å². The Bertz CT molecular complexity index is 217. The molecule has 0 aromatic rings. The lowest BCUT2D eigenvalue weighted by molar-refractivity contribution is 0.341. The Labute approximate surface area is 87.3 Å². The molecule has 0 rings (SSSR count). The van der Waals surface area contributed by atoms with Crippen LogP contribution in [0, 0.1) is 0 Å². The van der Waals surface area contributed by atoms with Gasteiger partial charge in [0, 0.05) is 24.9 Å². The van der Waals surface area contributed by atoms with Crippen molar-refractivity contribution in [3.8, 4) is 0 Å². The van der Waals surface area contributed by atoms with E-state index in [0.29, 0.717) is 0 Å². The molecule has 0 amide bonds. The maximum atomic E-state index is 12.2. The number of likely N-dealkylation sites (N-methyl/N-ethyl adjacent to an activating group) is 1. The third-order valence-electron chi connectivity index (χ3n) is 2.03. The van der Waals surface area contributed by atoms with E-state index in [1.807, 2.05) is 34.7 Å². The van der Waals surface area contributed by atoms with Gasteiger partial charge in [-0.2, -0.15) is 0 Å². The Morgan fingerprint density at radius 3 is 2.21 bits per heavy atom. The van der Waals surface area contributed by atoms with E-state index in [2.05, 4.69) is 10.4 Å². The van der Waals surface area contributed by atoms with Gasteiger partial charge in [0.15, 0.2) is 0 Å². The summed E-state index contributed by atoms with van der Waals surface area (Å²) in [5.74, 6) is 0. The summed E-state index contributed by atoms with van der Waals surface area (Å²) in [6, 6.07) is 0. The molecule has 1 unspecified atom stereocenters. The summed E-state index contributed by atoms with van der Waals surface area (Å²) in [7, 11) is 0.647. The second-order valence-electron chi connectivity index (χ2n) is 4.40. The number of rotatable bonds is 6. The molecule has 0 aliphatic carbocycles. The molecule has 0 bridgehead atoms. The Morgan fingerprint density at radius 2 is 1.93 bits per heavy atom. The largest absolute Gasteiger partial charge is 0.321 e. The Morgan fingerprint density at radius 1 is 1.43 bits per heavy atom. The molecule has 0 aromatic carbocycles. The van der Waals surface area contributed by atoms with Gasteiger partial charge < -0.3 is 9.84 Å². The van der Waals surface area contributed by atoms with Crippen molar-refractivity contribution < 1.29 is 9.09 Å². The van der Waals surface area contributed by atoms with E-state index in [9.17, 15) is 4.57 Å². The van der Waals surface area contributed by atoms with E-state index in [0.717, 1.165) is 6.54 Å². The van der Waals surface area contributed by atoms with Gasteiger partial charge in [-0.3, -0.25) is 4.57 Å². The van der Waals surface area contributed by atoms with Crippen LogP contribution in [0.1, 0.15) is 27.7 Å². The lowest BCUT2D eigenvalue weighted by Crippen LogP contribution is -2.46. The molecule has 0 radical (unpaired) electrons. The van der Waals surface area contributed by atoms with Crippen molar-refractivity contribution in [2.24, 2.45) is 0 Å². The minimum atomic E-state index is -2.71. The predicted octanol–water partition coefficient (Wildman–Crippen LogP) is 1.82. The molecule has 5 heteroatoms. The van der Waals surface area contributed by atoms with E-state index in [1.165, 1.54) is 7.11 Å². The van der Waals surface area contributed by atoms with Crippen LogP contribution in [-0.2, 0) is 9.09 Å². The zero-order valence-corrected chi connectivity index (χ0v) is 10.9. The van der Waals surface area contributed by atoms with Gasteiger partial charge in [-0.1, -0.05) is 13.8 Å². The fourth-order valence-corrected chi connectivity index (χ4v) is 2.98. The monoisotopic (exact) mass is 222 g/mol. The molecule has 4 nitrogen and oxygen atoms in total. The maximum Gasteiger partial charge on any atom is 0.272 e. The average Bonchev–Trinajstić information content (AvgIpc) is 2.02. The van der Waals surface area contributed by atoms with Gasteiger partial charge in [-0.05, 0) is 20.9 Å². The summed E-state index contributed by atoms with van der Waals surface area (Å²) >= 11 is 0. The van der Waals surface area contributed by atoms with Crippen LogP contribution in [0.25, 0.3) is 0 Å². The Kier molecular flexibility index (Phi) is 5.31. The lowest BCUT2D eigenvalue weighted by atomic mass is 10.1. The van der Waals surface area contributed by atoms with Crippen LogP contribution in [0.4, 0.5) is 0 Å². The third kappa shape index (κ3) is 4.09. The highest BCUT2D eigenvalue weighted by Crippen LogP contribution is 2.48. The molecule has 2 N–H and O–H groups in total. The van der Waals surface area contributed by atoms with Crippen molar-refractivity contribution in [1.29, 1.82) is 0 Å². The van der Waals surface area contributed by atoms with E-state index in [-0.39, 0.29) is 11.2 Å². The third-order valence-corrected chi connectivity index (χ3v) is 4.85. The molecule has 0 spiro atoms. The van der Waals surface area contributed by atoms with Crippen molar-refractivity contribution >= 4 is 7.52 Å². The quantitative estimate of drug-likeness (QED) is 0.673. The first-order valence-electron chi connectivity index (χ1n) is 4.87. The van der Waals surface area contributed by atoms with Crippen molar-refractivity contribution in [1.82, 2.24) is 10.4 Å². The molecule has 0 saturated carbocycles. The Balaban J connectivity index is 4.53. The van der Waals surface area contributed by atoms with Crippen molar-refractivity contribution in [3.63, 3.8) is 0 Å². The lowest BCUT2D eigenvalue weighted by Gasteiger charge is -2.32. The van der Waals surface area contributed by atoms with E-state index >= 15 is 0 Å². The fourth-order valence-electron chi connectivity index (χ4n) is 1.29. The first-order chi connectivity index (χ1) is 6.27. The average molecular weight is 222 g/mol. The number of hydrogen-bond donors (Lipinski definition) is 2. The molecule has 1 atom stereocenters. The van der Waals surface area contributed by atoms with Gasteiger partial charge in [-0.25, -0.2) is 5.09 Å². The van der Waals surface area contributed by atoms with Gasteiger partial charge in [-0.15, -0.1) is 0 Å². The molecule has 86 valence electrons. The van der Waals surface area contributed by atoms with Crippen LogP contribution in [-0.4, -0.2) is 31.9 Å². The normalized spacial score (nSPS) is 17.1. The fraction of sp³-hybridized carbons (Fsp3) is 1.00. The van der Waals surface area contributed by atoms with Crippen molar-refractivity contribution in [3.05, 3.63) is 0 Å². The summed E-state index contributed by atoms with van der Waals surface area (Å²) in [4.78, 5) is 0. The second kappa shape index (κ2) is 5.26. The predicted molar refractivity (Wildman–Crippen MR) is 60.9 cm³/mol. The van der Waals surface area contributed by atoms with E-state index in [1.54, 1.807) is 0 Å². The first-order valence-corrected chi connectivity index (χ1v) is 6.56. The molecular formula is C9H23N2O2P. The zero-order valence-electron chi connectivity index (χ0n) is 10.0. The van der Waals surface area contributed by atoms with Crippen LogP contribution >= 0.6 is 7.52 Å². The molecule has 0 aliphatic heterocycles. The SMILES string of the molecule is CNCC(C)(C)NP(=O)(OC)C(C)C. The van der Waals surface area contributed by atoms with E-state index < -0.39 is 7.52 Å². The highest BCUT2D eigenvalue weighted by atomic mass is 31.2. The standard InChI is InChI=1S/C9H23N2O2P/c1-8(2)14(12,13-6)11-9(3,4)7-10-5/h8,10H,7H2,1-6H3,(H,11,12). The molecule has 0 aliphatic rings. The van der Waals surface area contributed by atoms with Crippen LogP contribution in [0.15, 0.2) is 0 Å². The van der Waals surface area contributed by atoms with Crippen LogP contribution < -0.4 is 10.4 Å². The number of nitrogens with one attached hydrogen (secondary N) is 2. The molecule has 0 heterocycles. The van der Waals surface area contributed by atoms with Crippen molar-refractivity contribution in [2.75, 3.05) is 20.7 Å². The summed E-state index contributed by atoms with van der Waals surface area (Å²) in [6.45, 7) is 8.53.